The van der Waals surface area contributed by atoms with Crippen molar-refractivity contribution in [3.63, 3.8) is 0 Å². The Bertz CT molecular complexity index is 1330. The van der Waals surface area contributed by atoms with Crippen molar-refractivity contribution in [2.45, 2.75) is 347 Å². The van der Waals surface area contributed by atoms with Crippen LogP contribution in [0.2, 0.25) is 0 Å². The van der Waals surface area contributed by atoms with Gasteiger partial charge in [0.2, 0.25) is 5.91 Å². The van der Waals surface area contributed by atoms with E-state index in [9.17, 15) is 19.4 Å². The minimum absolute atomic E-state index is 0.00443. The third kappa shape index (κ3) is 60.4. The van der Waals surface area contributed by atoms with Gasteiger partial charge in [-0.1, -0.05) is 307 Å². The smallest absolute Gasteiger partial charge is 0.268 e. The molecular weight excluding hydrogens is 960 g/mol. The first kappa shape index (κ1) is 74.7. The maximum atomic E-state index is 13.0. The molecule has 450 valence electrons. The van der Waals surface area contributed by atoms with Gasteiger partial charge in [-0.05, 0) is 57.8 Å². The molecule has 0 heterocycles. The molecule has 1 amide bonds. The van der Waals surface area contributed by atoms with Gasteiger partial charge in [-0.2, -0.15) is 0 Å². The number of phosphoric acid groups is 1. The maximum Gasteiger partial charge on any atom is 0.268 e. The molecule has 0 aliphatic rings. The summed E-state index contributed by atoms with van der Waals surface area (Å²) in [5, 5.41) is 13.9. The molecule has 0 bridgehead atoms. The number of quaternary nitrogens is 1. The fraction of sp³-hybridized carbons (Fsp3) is 0.896. The van der Waals surface area contributed by atoms with Crippen LogP contribution in [0.15, 0.2) is 36.5 Å². The number of amides is 1. The van der Waals surface area contributed by atoms with Gasteiger partial charge < -0.3 is 28.8 Å². The second-order valence-electron chi connectivity index (χ2n) is 24.2. The topological polar surface area (TPSA) is 108 Å². The van der Waals surface area contributed by atoms with E-state index in [2.05, 4.69) is 43.5 Å². The Kier molecular flexibility index (Phi) is 57.4. The van der Waals surface area contributed by atoms with E-state index >= 15 is 0 Å². The lowest BCUT2D eigenvalue weighted by molar-refractivity contribution is -0.870. The molecule has 0 rings (SSSR count). The number of likely N-dealkylation sites (N-methyl/N-ethyl adjacent to an activating group) is 1. The predicted molar refractivity (Wildman–Crippen MR) is 330 cm³/mol. The van der Waals surface area contributed by atoms with E-state index in [0.717, 1.165) is 38.5 Å². The highest BCUT2D eigenvalue weighted by Gasteiger charge is 2.23. The number of aliphatic hydroxyl groups is 1. The van der Waals surface area contributed by atoms with Crippen LogP contribution in [0.3, 0.4) is 0 Å². The maximum absolute atomic E-state index is 13.0. The van der Waals surface area contributed by atoms with Gasteiger partial charge >= 0.3 is 0 Å². The molecule has 0 aromatic heterocycles. The van der Waals surface area contributed by atoms with Crippen molar-refractivity contribution in [1.29, 1.82) is 0 Å². The first-order chi connectivity index (χ1) is 37.0. The third-order valence-electron chi connectivity index (χ3n) is 15.3. The molecule has 3 atom stereocenters. The highest BCUT2D eigenvalue weighted by Crippen LogP contribution is 2.38. The molecule has 8 nitrogen and oxygen atoms in total. The standard InChI is InChI=1S/C67H131N2O6P/c1-6-8-10-12-14-16-18-20-22-24-26-27-28-29-30-31-32-33-34-35-36-37-38-39-40-41-43-45-47-49-51-53-55-57-59-61-67(71)68-65(64-75-76(72,73)74-63-62-69(3,4)5)66(70)60-58-56-54-52-50-48-46-44-42-25-23-21-19-17-15-13-11-9-7-2/h24,26,50,52,58,60,65-66,70H,6-23,25,27-49,51,53-57,59,61-64H2,1-5H3,(H-,68,71,72,73)/b26-24-,52-50+,60-58+. The van der Waals surface area contributed by atoms with Gasteiger partial charge in [0.15, 0.2) is 0 Å². The zero-order valence-corrected chi connectivity index (χ0v) is 52.4. The van der Waals surface area contributed by atoms with E-state index in [1.165, 1.54) is 276 Å². The van der Waals surface area contributed by atoms with Crippen molar-refractivity contribution in [2.75, 3.05) is 40.9 Å². The molecule has 2 N–H and O–H groups in total. The van der Waals surface area contributed by atoms with Crippen molar-refractivity contribution in [3.05, 3.63) is 36.5 Å². The van der Waals surface area contributed by atoms with E-state index in [-0.39, 0.29) is 19.1 Å². The number of allylic oxidation sites excluding steroid dienone is 5. The van der Waals surface area contributed by atoms with Crippen LogP contribution in [0, 0.1) is 0 Å². The third-order valence-corrected chi connectivity index (χ3v) is 16.3. The van der Waals surface area contributed by atoms with Crippen LogP contribution >= 0.6 is 7.82 Å². The number of nitrogens with zero attached hydrogens (tertiary/aromatic N) is 1. The summed E-state index contributed by atoms with van der Waals surface area (Å²) in [6.07, 6.45) is 77.0. The average molecular weight is 1090 g/mol. The Labute approximate surface area is 474 Å². The fourth-order valence-corrected chi connectivity index (χ4v) is 10.8. The summed E-state index contributed by atoms with van der Waals surface area (Å²) in [5.74, 6) is -0.201. The highest BCUT2D eigenvalue weighted by molar-refractivity contribution is 7.45. The van der Waals surface area contributed by atoms with Crippen LogP contribution in [0.5, 0.6) is 0 Å². The first-order valence-corrected chi connectivity index (χ1v) is 34.8. The van der Waals surface area contributed by atoms with E-state index in [1.54, 1.807) is 6.08 Å². The Balaban J connectivity index is 4.01. The van der Waals surface area contributed by atoms with Crippen molar-refractivity contribution in [2.24, 2.45) is 0 Å². The van der Waals surface area contributed by atoms with E-state index in [1.807, 2.05) is 27.2 Å². The summed E-state index contributed by atoms with van der Waals surface area (Å²) in [6.45, 7) is 4.67. The monoisotopic (exact) mass is 1090 g/mol. The molecule has 76 heavy (non-hydrogen) atoms. The molecule has 0 aliphatic carbocycles. The lowest BCUT2D eigenvalue weighted by atomic mass is 10.0. The number of hydrogen-bond donors (Lipinski definition) is 2. The second-order valence-corrected chi connectivity index (χ2v) is 25.6. The number of phosphoric ester groups is 1. The Morgan fingerprint density at radius 2 is 0.737 bits per heavy atom. The number of carbonyl (C=O) groups is 1. The van der Waals surface area contributed by atoms with Crippen molar-refractivity contribution >= 4 is 13.7 Å². The van der Waals surface area contributed by atoms with E-state index in [0.29, 0.717) is 17.4 Å². The minimum atomic E-state index is -4.61. The summed E-state index contributed by atoms with van der Waals surface area (Å²) < 4.78 is 23.4. The van der Waals surface area contributed by atoms with Gasteiger partial charge in [0.05, 0.1) is 39.9 Å². The molecule has 3 unspecified atom stereocenters. The highest BCUT2D eigenvalue weighted by atomic mass is 31.2. The van der Waals surface area contributed by atoms with Gasteiger partial charge in [-0.15, -0.1) is 0 Å². The summed E-state index contributed by atoms with van der Waals surface area (Å²) in [5.41, 5.74) is 0. The van der Waals surface area contributed by atoms with Gasteiger partial charge in [0.1, 0.15) is 13.2 Å². The molecule has 0 aliphatic heterocycles. The van der Waals surface area contributed by atoms with Crippen molar-refractivity contribution in [3.8, 4) is 0 Å². The van der Waals surface area contributed by atoms with Crippen LogP contribution in [-0.4, -0.2) is 68.5 Å². The summed E-state index contributed by atoms with van der Waals surface area (Å²) in [4.78, 5) is 25.6. The minimum Gasteiger partial charge on any atom is -0.756 e. The molecule has 0 aromatic rings. The van der Waals surface area contributed by atoms with Gasteiger partial charge in [-0.25, -0.2) is 0 Å². The zero-order valence-electron chi connectivity index (χ0n) is 51.5. The zero-order chi connectivity index (χ0) is 55.6. The summed E-state index contributed by atoms with van der Waals surface area (Å²) in [7, 11) is 1.26. The lowest BCUT2D eigenvalue weighted by Crippen LogP contribution is -2.45. The molecule has 0 radical (unpaired) electrons. The number of unbranched alkanes of at least 4 members (excludes halogenated alkanes) is 45. The normalized spacial score (nSPS) is 13.9. The predicted octanol–water partition coefficient (Wildman–Crippen LogP) is 20.3. The van der Waals surface area contributed by atoms with E-state index in [4.69, 9.17) is 9.05 Å². The molecular formula is C67H131N2O6P. The van der Waals surface area contributed by atoms with Crippen LogP contribution < -0.4 is 10.2 Å². The van der Waals surface area contributed by atoms with Gasteiger partial charge in [0, 0.05) is 6.42 Å². The number of rotatable bonds is 62. The Hall–Kier alpha value is -1.28. The van der Waals surface area contributed by atoms with Crippen LogP contribution in [0.1, 0.15) is 335 Å². The van der Waals surface area contributed by atoms with Crippen molar-refractivity contribution in [1.82, 2.24) is 5.32 Å². The van der Waals surface area contributed by atoms with E-state index < -0.39 is 20.0 Å². The van der Waals surface area contributed by atoms with Crippen LogP contribution in [-0.2, 0) is 18.4 Å². The quantitative estimate of drug-likeness (QED) is 0.0272. The number of nitrogens with one attached hydrogen (secondary N) is 1. The van der Waals surface area contributed by atoms with Crippen LogP contribution in [0.25, 0.3) is 0 Å². The molecule has 0 aromatic carbocycles. The Morgan fingerprint density at radius 3 is 1.07 bits per heavy atom. The second kappa shape index (κ2) is 58.4. The average Bonchev–Trinajstić information content (AvgIpc) is 3.38. The molecule has 9 heteroatoms. The van der Waals surface area contributed by atoms with Gasteiger partial charge in [-0.3, -0.25) is 9.36 Å². The molecule has 0 fully saturated rings. The van der Waals surface area contributed by atoms with Crippen molar-refractivity contribution < 1.29 is 32.9 Å². The lowest BCUT2D eigenvalue weighted by Gasteiger charge is -2.29. The first-order valence-electron chi connectivity index (χ1n) is 33.4. The molecule has 0 saturated heterocycles. The Morgan fingerprint density at radius 1 is 0.447 bits per heavy atom. The summed E-state index contributed by atoms with van der Waals surface area (Å²) in [6, 6.07) is -0.902. The number of hydrogen-bond acceptors (Lipinski definition) is 6. The van der Waals surface area contributed by atoms with Crippen LogP contribution in [0.4, 0.5) is 0 Å². The SMILES string of the molecule is CCCCCCCCCC/C=C\CCCCCCCCCCCCCCCCCCCCCCCCCC(=O)NC(COP(=O)([O-])OCC[N+](C)(C)C)C(O)/C=C/CC/C=C/CCCCCCCCCCCCCCC. The van der Waals surface area contributed by atoms with Gasteiger partial charge in [0.25, 0.3) is 7.82 Å². The fourth-order valence-electron chi connectivity index (χ4n) is 10.1. The summed E-state index contributed by atoms with van der Waals surface area (Å²) >= 11 is 0. The molecule has 0 saturated carbocycles. The number of aliphatic hydroxyl groups excluding tert-OH is 1. The molecule has 0 spiro atoms. The largest absolute Gasteiger partial charge is 0.756 e. The number of carbonyl (C=O) groups excluding carboxylic acids is 1.